The van der Waals surface area contributed by atoms with Crippen LogP contribution < -0.4 is 20.9 Å². The van der Waals surface area contributed by atoms with Crippen LogP contribution in [0.15, 0.2) is 24.3 Å². The van der Waals surface area contributed by atoms with Gasteiger partial charge < -0.3 is 20.9 Å². The zero-order chi connectivity index (χ0) is 16.7. The van der Waals surface area contributed by atoms with E-state index >= 15 is 0 Å². The van der Waals surface area contributed by atoms with Crippen LogP contribution in [0.25, 0.3) is 0 Å². The van der Waals surface area contributed by atoms with E-state index in [0.29, 0.717) is 0 Å². The number of aryl methyl sites for hydroxylation is 1. The van der Waals surface area contributed by atoms with E-state index in [1.165, 1.54) is 18.3 Å². The van der Waals surface area contributed by atoms with Crippen LogP contribution in [-0.4, -0.2) is 44.7 Å². The Kier molecular flexibility index (Phi) is 6.26. The first-order valence-electron chi connectivity index (χ1n) is 8.21. The van der Waals surface area contributed by atoms with E-state index in [2.05, 4.69) is 52.0 Å². The Hall–Kier alpha value is -2.24. The molecule has 3 N–H and O–H groups in total. The number of piperidine rings is 1. The van der Waals surface area contributed by atoms with Crippen LogP contribution in [0.5, 0.6) is 0 Å². The number of anilines is 1. The highest BCUT2D eigenvalue weighted by Gasteiger charge is 2.20. The van der Waals surface area contributed by atoms with Gasteiger partial charge in [-0.1, -0.05) is 19.1 Å². The molecule has 1 fully saturated rings. The number of carbonyl (C=O) groups is 2. The lowest BCUT2D eigenvalue weighted by molar-refractivity contribution is -0.120. The van der Waals surface area contributed by atoms with Crippen LogP contribution in [0.3, 0.4) is 0 Å². The molecule has 23 heavy (non-hydrogen) atoms. The SMILES string of the molecule is CCc1ccc(N2CCC(NC(=O)CNC(=O)NC)CC2)cc1. The Morgan fingerprint density at radius 3 is 2.39 bits per heavy atom. The number of carbonyl (C=O) groups excluding carboxylic acids is 2. The molecule has 2 rings (SSSR count). The summed E-state index contributed by atoms with van der Waals surface area (Å²) in [7, 11) is 1.52. The van der Waals surface area contributed by atoms with Gasteiger partial charge in [-0.2, -0.15) is 0 Å². The van der Waals surface area contributed by atoms with Gasteiger partial charge in [0.25, 0.3) is 0 Å². The van der Waals surface area contributed by atoms with Crippen molar-refractivity contribution in [3.8, 4) is 0 Å². The molecule has 0 atom stereocenters. The van der Waals surface area contributed by atoms with E-state index in [-0.39, 0.29) is 24.5 Å². The Labute approximate surface area is 137 Å². The summed E-state index contributed by atoms with van der Waals surface area (Å²) in [6, 6.07) is 8.53. The molecule has 1 saturated heterocycles. The fourth-order valence-electron chi connectivity index (χ4n) is 2.75. The molecule has 0 bridgehead atoms. The molecule has 3 amide bonds. The topological polar surface area (TPSA) is 73.5 Å². The largest absolute Gasteiger partial charge is 0.371 e. The molecule has 0 unspecified atom stereocenters. The van der Waals surface area contributed by atoms with E-state index in [4.69, 9.17) is 0 Å². The molecule has 6 heteroatoms. The second kappa shape index (κ2) is 8.41. The lowest BCUT2D eigenvalue weighted by Crippen LogP contribution is -2.48. The molecule has 1 aliphatic rings. The zero-order valence-electron chi connectivity index (χ0n) is 13.9. The van der Waals surface area contributed by atoms with Gasteiger partial charge >= 0.3 is 6.03 Å². The molecule has 1 aromatic carbocycles. The molecule has 0 spiro atoms. The molecule has 1 aromatic rings. The van der Waals surface area contributed by atoms with Crippen LogP contribution in [0.4, 0.5) is 10.5 Å². The fourth-order valence-corrected chi connectivity index (χ4v) is 2.75. The maximum atomic E-state index is 11.8. The Morgan fingerprint density at radius 1 is 1.17 bits per heavy atom. The summed E-state index contributed by atoms with van der Waals surface area (Å²) in [6.45, 7) is 4.03. The highest BCUT2D eigenvalue weighted by molar-refractivity contribution is 5.83. The van der Waals surface area contributed by atoms with Crippen LogP contribution in [-0.2, 0) is 11.2 Å². The van der Waals surface area contributed by atoms with Gasteiger partial charge in [0.1, 0.15) is 0 Å². The van der Waals surface area contributed by atoms with E-state index in [0.717, 1.165) is 32.4 Å². The summed E-state index contributed by atoms with van der Waals surface area (Å²) in [4.78, 5) is 25.2. The number of nitrogens with one attached hydrogen (secondary N) is 3. The molecule has 0 radical (unpaired) electrons. The predicted molar refractivity (Wildman–Crippen MR) is 91.7 cm³/mol. The van der Waals surface area contributed by atoms with Gasteiger partial charge in [0.2, 0.25) is 5.91 Å². The quantitative estimate of drug-likeness (QED) is 0.765. The first-order chi connectivity index (χ1) is 11.1. The highest BCUT2D eigenvalue weighted by atomic mass is 16.2. The summed E-state index contributed by atoms with van der Waals surface area (Å²) >= 11 is 0. The van der Waals surface area contributed by atoms with Crippen molar-refractivity contribution in [2.24, 2.45) is 0 Å². The van der Waals surface area contributed by atoms with Crippen LogP contribution in [0, 0.1) is 0 Å². The lowest BCUT2D eigenvalue weighted by Gasteiger charge is -2.34. The Balaban J connectivity index is 1.74. The molecule has 0 saturated carbocycles. The van der Waals surface area contributed by atoms with Crippen molar-refractivity contribution >= 4 is 17.6 Å². The number of benzene rings is 1. The van der Waals surface area contributed by atoms with Gasteiger partial charge in [-0.3, -0.25) is 4.79 Å². The predicted octanol–water partition coefficient (Wildman–Crippen LogP) is 1.26. The van der Waals surface area contributed by atoms with Crippen molar-refractivity contribution in [2.75, 3.05) is 31.6 Å². The van der Waals surface area contributed by atoms with Crippen LogP contribution >= 0.6 is 0 Å². The van der Waals surface area contributed by atoms with Gasteiger partial charge in [-0.15, -0.1) is 0 Å². The van der Waals surface area contributed by atoms with Crippen molar-refractivity contribution in [3.05, 3.63) is 29.8 Å². The standard InChI is InChI=1S/C17H26N4O2/c1-3-13-4-6-15(7-5-13)21-10-8-14(9-11-21)20-16(22)12-19-17(23)18-2/h4-7,14H,3,8-12H2,1-2H3,(H,20,22)(H2,18,19,23). The number of urea groups is 1. The average molecular weight is 318 g/mol. The summed E-state index contributed by atoms with van der Waals surface area (Å²) < 4.78 is 0. The lowest BCUT2D eigenvalue weighted by atomic mass is 10.0. The smallest absolute Gasteiger partial charge is 0.314 e. The number of nitrogens with zero attached hydrogens (tertiary/aromatic N) is 1. The molecule has 1 heterocycles. The first-order valence-corrected chi connectivity index (χ1v) is 8.21. The minimum Gasteiger partial charge on any atom is -0.371 e. The van der Waals surface area contributed by atoms with Gasteiger partial charge in [-0.25, -0.2) is 4.79 Å². The number of rotatable bonds is 5. The minimum atomic E-state index is -0.342. The monoisotopic (exact) mass is 318 g/mol. The maximum absolute atomic E-state index is 11.8. The first kappa shape index (κ1) is 17.1. The molecule has 126 valence electrons. The van der Waals surface area contributed by atoms with Crippen molar-refractivity contribution in [1.29, 1.82) is 0 Å². The van der Waals surface area contributed by atoms with Gasteiger partial charge in [0, 0.05) is 31.9 Å². The second-order valence-corrected chi connectivity index (χ2v) is 5.78. The van der Waals surface area contributed by atoms with Gasteiger partial charge in [0.15, 0.2) is 0 Å². The van der Waals surface area contributed by atoms with Gasteiger partial charge in [-0.05, 0) is 37.0 Å². The highest BCUT2D eigenvalue weighted by Crippen LogP contribution is 2.20. The van der Waals surface area contributed by atoms with Crippen LogP contribution in [0.1, 0.15) is 25.3 Å². The van der Waals surface area contributed by atoms with Crippen molar-refractivity contribution in [2.45, 2.75) is 32.2 Å². The minimum absolute atomic E-state index is 0.0123. The molecular formula is C17H26N4O2. The number of hydrogen-bond donors (Lipinski definition) is 3. The van der Waals surface area contributed by atoms with E-state index in [9.17, 15) is 9.59 Å². The average Bonchev–Trinajstić information content (AvgIpc) is 2.60. The van der Waals surface area contributed by atoms with Crippen LogP contribution in [0.2, 0.25) is 0 Å². The zero-order valence-corrected chi connectivity index (χ0v) is 13.9. The van der Waals surface area contributed by atoms with Crippen molar-refractivity contribution < 1.29 is 9.59 Å². The summed E-state index contributed by atoms with van der Waals surface area (Å²) in [6.07, 6.45) is 2.89. The Morgan fingerprint density at radius 2 is 1.83 bits per heavy atom. The van der Waals surface area contributed by atoms with Crippen molar-refractivity contribution in [1.82, 2.24) is 16.0 Å². The Bertz CT molecular complexity index is 522. The normalized spacial score (nSPS) is 15.1. The molecule has 0 aromatic heterocycles. The molecule has 1 aliphatic heterocycles. The third kappa shape index (κ3) is 5.16. The molecule has 6 nitrogen and oxygen atoms in total. The number of amides is 3. The second-order valence-electron chi connectivity index (χ2n) is 5.78. The number of hydrogen-bond acceptors (Lipinski definition) is 3. The van der Waals surface area contributed by atoms with E-state index in [1.54, 1.807) is 0 Å². The van der Waals surface area contributed by atoms with Gasteiger partial charge in [0.05, 0.1) is 6.54 Å². The third-order valence-corrected chi connectivity index (χ3v) is 4.21. The van der Waals surface area contributed by atoms with Crippen molar-refractivity contribution in [3.63, 3.8) is 0 Å². The van der Waals surface area contributed by atoms with E-state index < -0.39 is 0 Å². The molecular weight excluding hydrogens is 292 g/mol. The van der Waals surface area contributed by atoms with E-state index in [1.807, 2.05) is 0 Å². The maximum Gasteiger partial charge on any atom is 0.314 e. The molecule has 0 aliphatic carbocycles. The summed E-state index contributed by atoms with van der Waals surface area (Å²) in [5.41, 5.74) is 2.59. The summed E-state index contributed by atoms with van der Waals surface area (Å²) in [5.74, 6) is -0.139. The summed E-state index contributed by atoms with van der Waals surface area (Å²) in [5, 5.41) is 7.89. The fraction of sp³-hybridized carbons (Fsp3) is 0.529. The third-order valence-electron chi connectivity index (χ3n) is 4.21.